The van der Waals surface area contributed by atoms with Crippen molar-refractivity contribution in [1.82, 2.24) is 4.90 Å². The first kappa shape index (κ1) is 10.7. The summed E-state index contributed by atoms with van der Waals surface area (Å²) in [6.45, 7) is 0.00338. The van der Waals surface area contributed by atoms with E-state index in [1.54, 1.807) is 7.05 Å². The molecule has 0 bridgehead atoms. The van der Waals surface area contributed by atoms with Crippen LogP contribution in [0.1, 0.15) is 32.1 Å². The molecule has 1 saturated carbocycles. The normalized spacial score (nSPS) is 33.2. The first-order valence-electron chi connectivity index (χ1n) is 5.78. The lowest BCUT2D eigenvalue weighted by atomic mass is 9.83. The SMILES string of the molecule is CN1C(=O)OC(C2CCCCC2)C1CO. The Balaban J connectivity index is 2.04. The topological polar surface area (TPSA) is 49.8 Å². The molecule has 1 heterocycles. The van der Waals surface area contributed by atoms with Crippen molar-refractivity contribution in [2.45, 2.75) is 44.2 Å². The third-order valence-corrected chi connectivity index (χ3v) is 3.70. The summed E-state index contributed by atoms with van der Waals surface area (Å²) in [5.74, 6) is 0.449. The van der Waals surface area contributed by atoms with E-state index in [2.05, 4.69) is 0 Å². The van der Waals surface area contributed by atoms with Crippen molar-refractivity contribution in [3.05, 3.63) is 0 Å². The van der Waals surface area contributed by atoms with Crippen molar-refractivity contribution >= 4 is 6.09 Å². The Labute approximate surface area is 90.2 Å². The molecule has 1 N–H and O–H groups in total. The van der Waals surface area contributed by atoms with Gasteiger partial charge in [0, 0.05) is 7.05 Å². The summed E-state index contributed by atoms with van der Waals surface area (Å²) in [5, 5.41) is 9.28. The highest BCUT2D eigenvalue weighted by molar-refractivity contribution is 5.70. The van der Waals surface area contributed by atoms with E-state index in [1.807, 2.05) is 0 Å². The maximum Gasteiger partial charge on any atom is 0.410 e. The molecule has 15 heavy (non-hydrogen) atoms. The van der Waals surface area contributed by atoms with Gasteiger partial charge < -0.3 is 14.7 Å². The molecule has 0 aromatic rings. The average molecular weight is 213 g/mol. The monoisotopic (exact) mass is 213 g/mol. The number of likely N-dealkylation sites (N-methyl/N-ethyl adjacent to an activating group) is 1. The predicted molar refractivity (Wildman–Crippen MR) is 55.5 cm³/mol. The average Bonchev–Trinajstić information content (AvgIpc) is 2.56. The molecule has 2 unspecified atom stereocenters. The van der Waals surface area contributed by atoms with Gasteiger partial charge in [-0.25, -0.2) is 4.79 Å². The van der Waals surface area contributed by atoms with E-state index >= 15 is 0 Å². The van der Waals surface area contributed by atoms with Gasteiger partial charge in [-0.1, -0.05) is 19.3 Å². The van der Waals surface area contributed by atoms with Crippen LogP contribution < -0.4 is 0 Å². The molecule has 2 atom stereocenters. The van der Waals surface area contributed by atoms with Crippen LogP contribution in [0.4, 0.5) is 4.79 Å². The van der Waals surface area contributed by atoms with E-state index in [1.165, 1.54) is 24.2 Å². The van der Waals surface area contributed by atoms with Gasteiger partial charge in [-0.2, -0.15) is 0 Å². The zero-order chi connectivity index (χ0) is 10.8. The molecule has 4 heteroatoms. The summed E-state index contributed by atoms with van der Waals surface area (Å²) in [6.07, 6.45) is 5.61. The van der Waals surface area contributed by atoms with Gasteiger partial charge >= 0.3 is 6.09 Å². The Kier molecular flexibility index (Phi) is 3.14. The second kappa shape index (κ2) is 4.39. The van der Waals surface area contributed by atoms with Crippen molar-refractivity contribution < 1.29 is 14.6 Å². The lowest BCUT2D eigenvalue weighted by molar-refractivity contribution is 0.0583. The molecule has 1 aliphatic carbocycles. The highest BCUT2D eigenvalue weighted by Crippen LogP contribution is 2.33. The van der Waals surface area contributed by atoms with Crippen LogP contribution in [0, 0.1) is 5.92 Å². The Morgan fingerprint density at radius 2 is 2.07 bits per heavy atom. The number of ether oxygens (including phenoxy) is 1. The van der Waals surface area contributed by atoms with Crippen LogP contribution >= 0.6 is 0 Å². The van der Waals surface area contributed by atoms with Crippen molar-refractivity contribution in [1.29, 1.82) is 0 Å². The number of carbonyl (C=O) groups excluding carboxylic acids is 1. The first-order valence-corrected chi connectivity index (χ1v) is 5.78. The number of rotatable bonds is 2. The standard InChI is InChI=1S/C11H19NO3/c1-12-9(7-13)10(15-11(12)14)8-5-3-2-4-6-8/h8-10,13H,2-7H2,1H3. The lowest BCUT2D eigenvalue weighted by Crippen LogP contribution is -2.40. The van der Waals surface area contributed by atoms with Gasteiger partial charge in [0.2, 0.25) is 0 Å². The molecule has 0 aromatic heterocycles. The molecule has 2 rings (SSSR count). The van der Waals surface area contributed by atoms with Gasteiger partial charge in [0.25, 0.3) is 0 Å². The summed E-state index contributed by atoms with van der Waals surface area (Å²) in [5.41, 5.74) is 0. The molecule has 0 spiro atoms. The number of nitrogens with zero attached hydrogens (tertiary/aromatic N) is 1. The minimum absolute atomic E-state index is 0.00338. The molecule has 1 aliphatic heterocycles. The summed E-state index contributed by atoms with van der Waals surface area (Å²) in [4.78, 5) is 12.9. The largest absolute Gasteiger partial charge is 0.444 e. The van der Waals surface area contributed by atoms with Gasteiger partial charge in [-0.3, -0.25) is 0 Å². The number of hydrogen-bond acceptors (Lipinski definition) is 3. The third-order valence-electron chi connectivity index (χ3n) is 3.70. The van der Waals surface area contributed by atoms with Gasteiger partial charge in [0.05, 0.1) is 12.6 Å². The van der Waals surface area contributed by atoms with Crippen LogP contribution in [0.5, 0.6) is 0 Å². The smallest absolute Gasteiger partial charge is 0.410 e. The predicted octanol–water partition coefficient (Wildman–Crippen LogP) is 1.38. The van der Waals surface area contributed by atoms with Crippen molar-refractivity contribution in [2.75, 3.05) is 13.7 Å². The van der Waals surface area contributed by atoms with Gasteiger partial charge in [-0.15, -0.1) is 0 Å². The summed E-state index contributed by atoms with van der Waals surface area (Å²) in [6, 6.07) is -0.138. The van der Waals surface area contributed by atoms with Gasteiger partial charge in [0.1, 0.15) is 6.10 Å². The zero-order valence-corrected chi connectivity index (χ0v) is 9.19. The fraction of sp³-hybridized carbons (Fsp3) is 0.909. The van der Waals surface area contributed by atoms with Gasteiger partial charge in [0.15, 0.2) is 0 Å². The lowest BCUT2D eigenvalue weighted by Gasteiger charge is -2.29. The first-order chi connectivity index (χ1) is 7.24. The second-order valence-corrected chi connectivity index (χ2v) is 4.61. The van der Waals surface area contributed by atoms with Crippen LogP contribution in [0.2, 0.25) is 0 Å². The molecule has 2 aliphatic rings. The Bertz CT molecular complexity index is 238. The fourth-order valence-electron chi connectivity index (χ4n) is 2.73. The molecule has 2 fully saturated rings. The van der Waals surface area contributed by atoms with Gasteiger partial charge in [-0.05, 0) is 18.8 Å². The number of aliphatic hydroxyl groups is 1. The maximum absolute atomic E-state index is 11.4. The van der Waals surface area contributed by atoms with E-state index in [-0.39, 0.29) is 24.8 Å². The maximum atomic E-state index is 11.4. The third kappa shape index (κ3) is 1.95. The van der Waals surface area contributed by atoms with Crippen LogP contribution in [0.15, 0.2) is 0 Å². The summed E-state index contributed by atoms with van der Waals surface area (Å²) < 4.78 is 5.34. The van der Waals surface area contributed by atoms with E-state index < -0.39 is 0 Å². The molecule has 4 nitrogen and oxygen atoms in total. The number of aliphatic hydroxyl groups excluding tert-OH is 1. The molecule has 0 radical (unpaired) electrons. The number of hydrogen-bond donors (Lipinski definition) is 1. The quantitative estimate of drug-likeness (QED) is 0.754. The second-order valence-electron chi connectivity index (χ2n) is 4.61. The highest BCUT2D eigenvalue weighted by atomic mass is 16.6. The van der Waals surface area contributed by atoms with Crippen LogP contribution in [0.25, 0.3) is 0 Å². The Morgan fingerprint density at radius 1 is 1.40 bits per heavy atom. The van der Waals surface area contributed by atoms with E-state index in [4.69, 9.17) is 4.74 Å². The number of cyclic esters (lactones) is 1. The number of amides is 1. The highest BCUT2D eigenvalue weighted by Gasteiger charge is 2.43. The fourth-order valence-corrected chi connectivity index (χ4v) is 2.73. The molecule has 86 valence electrons. The van der Waals surface area contributed by atoms with E-state index in [0.717, 1.165) is 12.8 Å². The Morgan fingerprint density at radius 3 is 2.67 bits per heavy atom. The van der Waals surface area contributed by atoms with E-state index in [0.29, 0.717) is 5.92 Å². The number of carbonyl (C=O) groups is 1. The van der Waals surface area contributed by atoms with Crippen molar-refractivity contribution in [3.63, 3.8) is 0 Å². The Hall–Kier alpha value is -0.770. The van der Waals surface area contributed by atoms with Crippen LogP contribution in [-0.4, -0.2) is 41.9 Å². The summed E-state index contributed by atoms with van der Waals surface area (Å²) >= 11 is 0. The molecule has 1 amide bonds. The molecular weight excluding hydrogens is 194 g/mol. The molecular formula is C11H19NO3. The van der Waals surface area contributed by atoms with Crippen LogP contribution in [-0.2, 0) is 4.74 Å². The zero-order valence-electron chi connectivity index (χ0n) is 9.19. The minimum atomic E-state index is -0.287. The van der Waals surface area contributed by atoms with Crippen molar-refractivity contribution in [2.24, 2.45) is 5.92 Å². The van der Waals surface area contributed by atoms with Crippen LogP contribution in [0.3, 0.4) is 0 Å². The minimum Gasteiger partial charge on any atom is -0.444 e. The summed E-state index contributed by atoms with van der Waals surface area (Å²) in [7, 11) is 1.70. The van der Waals surface area contributed by atoms with Crippen molar-refractivity contribution in [3.8, 4) is 0 Å². The van der Waals surface area contributed by atoms with E-state index in [9.17, 15) is 9.90 Å². The molecule has 0 aromatic carbocycles. The molecule has 1 saturated heterocycles.